The van der Waals surface area contributed by atoms with Crippen molar-refractivity contribution in [2.75, 3.05) is 17.4 Å². The summed E-state index contributed by atoms with van der Waals surface area (Å²) in [6.07, 6.45) is 0.701. The third kappa shape index (κ3) is 7.71. The van der Waals surface area contributed by atoms with Crippen molar-refractivity contribution in [1.29, 1.82) is 0 Å². The molecule has 11 heteroatoms. The predicted molar refractivity (Wildman–Crippen MR) is 152 cm³/mol. The van der Waals surface area contributed by atoms with Crippen molar-refractivity contribution in [1.82, 2.24) is 10.2 Å². The highest BCUT2D eigenvalue weighted by molar-refractivity contribution is 7.92. The van der Waals surface area contributed by atoms with Crippen molar-refractivity contribution in [3.05, 3.63) is 93.7 Å². The van der Waals surface area contributed by atoms with E-state index in [0.29, 0.717) is 23.6 Å². The molecule has 0 heterocycles. The molecule has 0 bridgehead atoms. The van der Waals surface area contributed by atoms with E-state index in [-0.39, 0.29) is 28.1 Å². The lowest BCUT2D eigenvalue weighted by molar-refractivity contribution is -0.139. The van der Waals surface area contributed by atoms with Gasteiger partial charge in [0, 0.05) is 13.1 Å². The first-order chi connectivity index (χ1) is 18.4. The largest absolute Gasteiger partial charge is 0.354 e. The van der Waals surface area contributed by atoms with Gasteiger partial charge in [-0.25, -0.2) is 12.8 Å². The van der Waals surface area contributed by atoms with Crippen molar-refractivity contribution in [2.24, 2.45) is 0 Å². The zero-order valence-corrected chi connectivity index (χ0v) is 24.2. The minimum absolute atomic E-state index is 0.0295. The molecule has 1 unspecified atom stereocenters. The summed E-state index contributed by atoms with van der Waals surface area (Å²) in [6, 6.07) is 14.9. The predicted octanol–water partition coefficient (Wildman–Crippen LogP) is 5.58. The molecule has 0 fully saturated rings. The van der Waals surface area contributed by atoms with Gasteiger partial charge in [0.15, 0.2) is 0 Å². The normalized spacial score (nSPS) is 12.1. The van der Waals surface area contributed by atoms with Crippen LogP contribution in [0.5, 0.6) is 0 Å². The van der Waals surface area contributed by atoms with Gasteiger partial charge < -0.3 is 10.2 Å². The van der Waals surface area contributed by atoms with Crippen LogP contribution in [-0.2, 0) is 26.2 Å². The third-order valence-corrected chi connectivity index (χ3v) is 8.58. The fourth-order valence-electron chi connectivity index (χ4n) is 3.79. The smallest absolute Gasteiger partial charge is 0.264 e. The molecule has 39 heavy (non-hydrogen) atoms. The molecular weight excluding hydrogens is 564 g/mol. The summed E-state index contributed by atoms with van der Waals surface area (Å²) < 4.78 is 42.1. The van der Waals surface area contributed by atoms with Crippen molar-refractivity contribution in [3.63, 3.8) is 0 Å². The molecule has 0 aliphatic heterocycles. The van der Waals surface area contributed by atoms with Crippen molar-refractivity contribution >= 4 is 50.7 Å². The Morgan fingerprint density at radius 2 is 1.62 bits per heavy atom. The van der Waals surface area contributed by atoms with Crippen LogP contribution < -0.4 is 9.62 Å². The lowest BCUT2D eigenvalue weighted by Crippen LogP contribution is -2.51. The van der Waals surface area contributed by atoms with E-state index in [1.54, 1.807) is 37.3 Å². The first kappa shape index (κ1) is 30.4. The van der Waals surface area contributed by atoms with Crippen molar-refractivity contribution in [3.8, 4) is 0 Å². The van der Waals surface area contributed by atoms with E-state index < -0.39 is 34.3 Å². The summed E-state index contributed by atoms with van der Waals surface area (Å²) in [6.45, 7) is 5.05. The second-order valence-corrected chi connectivity index (χ2v) is 11.7. The molecule has 7 nitrogen and oxygen atoms in total. The van der Waals surface area contributed by atoms with Crippen LogP contribution in [0.3, 0.4) is 0 Å². The number of nitrogens with one attached hydrogen (secondary N) is 1. The van der Waals surface area contributed by atoms with E-state index in [2.05, 4.69) is 5.32 Å². The number of halogens is 3. The molecule has 0 aliphatic carbocycles. The fourth-order valence-corrected chi connectivity index (χ4v) is 5.52. The second kappa shape index (κ2) is 13.3. The van der Waals surface area contributed by atoms with Gasteiger partial charge in [0.2, 0.25) is 11.8 Å². The summed E-state index contributed by atoms with van der Waals surface area (Å²) in [5.74, 6) is -1.58. The lowest BCUT2D eigenvalue weighted by Gasteiger charge is -2.32. The molecule has 3 aromatic rings. The van der Waals surface area contributed by atoms with Crippen molar-refractivity contribution < 1.29 is 22.4 Å². The maximum absolute atomic E-state index is 13.8. The van der Waals surface area contributed by atoms with Crippen LogP contribution in [0.15, 0.2) is 71.6 Å². The number of carbonyl (C=O) groups is 2. The number of carbonyl (C=O) groups excluding carboxylic acids is 2. The van der Waals surface area contributed by atoms with Crippen LogP contribution in [0, 0.1) is 12.7 Å². The highest BCUT2D eigenvalue weighted by Gasteiger charge is 2.32. The van der Waals surface area contributed by atoms with E-state index in [0.717, 1.165) is 22.0 Å². The first-order valence-electron chi connectivity index (χ1n) is 12.3. The SMILES string of the molecule is CCCNC(=O)C(C)N(Cc1ccc(Cl)c(Cl)c1)C(=O)CN(c1ccc(F)cc1)S(=O)(=O)c1ccc(C)cc1. The Hall–Kier alpha value is -3.14. The van der Waals surface area contributed by atoms with Crippen LogP contribution in [0.4, 0.5) is 10.1 Å². The van der Waals surface area contributed by atoms with E-state index in [1.165, 1.54) is 29.2 Å². The minimum atomic E-state index is -4.23. The maximum atomic E-state index is 13.8. The summed E-state index contributed by atoms with van der Waals surface area (Å²) in [5, 5.41) is 3.38. The summed E-state index contributed by atoms with van der Waals surface area (Å²) in [7, 11) is -4.23. The topological polar surface area (TPSA) is 86.8 Å². The molecule has 1 atom stereocenters. The Kier molecular flexibility index (Phi) is 10.4. The monoisotopic (exact) mass is 593 g/mol. The lowest BCUT2D eigenvalue weighted by atomic mass is 10.1. The molecule has 3 rings (SSSR count). The third-order valence-electron chi connectivity index (χ3n) is 6.06. The van der Waals surface area contributed by atoms with Gasteiger partial charge in [-0.3, -0.25) is 13.9 Å². The average molecular weight is 595 g/mol. The number of anilines is 1. The molecule has 1 N–H and O–H groups in total. The summed E-state index contributed by atoms with van der Waals surface area (Å²) in [4.78, 5) is 27.9. The van der Waals surface area contributed by atoms with Gasteiger partial charge in [0.1, 0.15) is 18.4 Å². The van der Waals surface area contributed by atoms with Crippen LogP contribution in [0.1, 0.15) is 31.4 Å². The Morgan fingerprint density at radius 1 is 0.974 bits per heavy atom. The molecule has 3 aromatic carbocycles. The Bertz CT molecular complexity index is 1420. The number of rotatable bonds is 11. The molecule has 208 valence electrons. The van der Waals surface area contributed by atoms with Gasteiger partial charge in [-0.2, -0.15) is 0 Å². The number of sulfonamides is 1. The van der Waals surface area contributed by atoms with Gasteiger partial charge in [0.05, 0.1) is 20.6 Å². The summed E-state index contributed by atoms with van der Waals surface area (Å²) >= 11 is 12.2. The minimum Gasteiger partial charge on any atom is -0.354 e. The van der Waals surface area contributed by atoms with Gasteiger partial charge in [-0.05, 0) is 74.4 Å². The molecule has 0 saturated heterocycles. The highest BCUT2D eigenvalue weighted by Crippen LogP contribution is 2.26. The van der Waals surface area contributed by atoms with Gasteiger partial charge in [-0.15, -0.1) is 0 Å². The van der Waals surface area contributed by atoms with Crippen LogP contribution in [0.2, 0.25) is 10.0 Å². The number of hydrogen-bond donors (Lipinski definition) is 1. The van der Waals surface area contributed by atoms with Gasteiger partial charge >= 0.3 is 0 Å². The van der Waals surface area contributed by atoms with Crippen LogP contribution in [-0.4, -0.2) is 44.3 Å². The van der Waals surface area contributed by atoms with E-state index in [4.69, 9.17) is 23.2 Å². The van der Waals surface area contributed by atoms with Crippen LogP contribution >= 0.6 is 23.2 Å². The summed E-state index contributed by atoms with van der Waals surface area (Å²) in [5.41, 5.74) is 1.56. The first-order valence-corrected chi connectivity index (χ1v) is 14.5. The molecule has 0 spiro atoms. The Labute approximate surface area is 238 Å². The molecule has 0 saturated carbocycles. The van der Waals surface area contributed by atoms with E-state index >= 15 is 0 Å². The number of amides is 2. The number of benzene rings is 3. The molecule has 0 radical (unpaired) electrons. The quantitative estimate of drug-likeness (QED) is 0.314. The zero-order chi connectivity index (χ0) is 28.7. The number of nitrogens with zero attached hydrogens (tertiary/aromatic N) is 2. The van der Waals surface area contributed by atoms with Gasteiger partial charge in [-0.1, -0.05) is 53.9 Å². The molecule has 0 aromatic heterocycles. The highest BCUT2D eigenvalue weighted by atomic mass is 35.5. The molecular formula is C28H30Cl2FN3O4S. The van der Waals surface area contributed by atoms with Crippen molar-refractivity contribution in [2.45, 2.75) is 44.7 Å². The number of hydrogen-bond acceptors (Lipinski definition) is 4. The average Bonchev–Trinajstić information content (AvgIpc) is 2.91. The fraction of sp³-hybridized carbons (Fsp3) is 0.286. The molecule has 0 aliphatic rings. The molecule has 2 amide bonds. The van der Waals surface area contributed by atoms with Crippen LogP contribution in [0.25, 0.3) is 0 Å². The van der Waals surface area contributed by atoms with E-state index in [9.17, 15) is 22.4 Å². The Morgan fingerprint density at radius 3 is 2.21 bits per heavy atom. The maximum Gasteiger partial charge on any atom is 0.264 e. The second-order valence-electron chi connectivity index (χ2n) is 9.04. The van der Waals surface area contributed by atoms with Gasteiger partial charge in [0.25, 0.3) is 10.0 Å². The van der Waals surface area contributed by atoms with E-state index in [1.807, 2.05) is 13.8 Å². The number of aryl methyl sites for hydroxylation is 1. The standard InChI is InChI=1S/C28H30Cl2FN3O4S/c1-4-15-32-28(36)20(3)33(17-21-7-14-25(29)26(30)16-21)27(35)18-34(23-10-8-22(31)9-11-23)39(37,38)24-12-5-19(2)6-13-24/h5-14,16,20H,4,15,17-18H2,1-3H3,(H,32,36). The zero-order valence-electron chi connectivity index (χ0n) is 21.8. The Balaban J connectivity index is 2.02.